The lowest BCUT2D eigenvalue weighted by Gasteiger charge is -2.19. The number of para-hydroxylation sites is 2. The van der Waals surface area contributed by atoms with Gasteiger partial charge in [0.15, 0.2) is 11.5 Å². The smallest absolute Gasteiger partial charge is 0.292 e. The number of nitrogens with two attached hydrogens (primary N) is 1. The van der Waals surface area contributed by atoms with Gasteiger partial charge in [0.2, 0.25) is 0 Å². The minimum Gasteiger partial charge on any atom is -0.488 e. The van der Waals surface area contributed by atoms with Crippen molar-refractivity contribution in [3.05, 3.63) is 52.6 Å². The van der Waals surface area contributed by atoms with Gasteiger partial charge in [0.25, 0.3) is 5.69 Å². The van der Waals surface area contributed by atoms with Gasteiger partial charge in [-0.25, -0.2) is 0 Å². The normalized spacial score (nSPS) is 10.7. The molecule has 0 bridgehead atoms. The second-order valence-electron chi connectivity index (χ2n) is 5.40. The Hall–Kier alpha value is -2.80. The van der Waals surface area contributed by atoms with Crippen LogP contribution in [0.3, 0.4) is 0 Å². The van der Waals surface area contributed by atoms with E-state index in [1.165, 1.54) is 18.2 Å². The predicted molar refractivity (Wildman–Crippen MR) is 97.3 cm³/mol. The van der Waals surface area contributed by atoms with E-state index in [0.717, 1.165) is 19.6 Å². The molecule has 134 valence electrons. The summed E-state index contributed by atoms with van der Waals surface area (Å²) in [5.41, 5.74) is 5.62. The van der Waals surface area contributed by atoms with Crippen LogP contribution in [0.25, 0.3) is 0 Å². The van der Waals surface area contributed by atoms with Crippen LogP contribution >= 0.6 is 0 Å². The number of nitrogens with zero attached hydrogens (tertiary/aromatic N) is 2. The highest BCUT2D eigenvalue weighted by Gasteiger charge is 2.13. The maximum atomic E-state index is 10.8. The summed E-state index contributed by atoms with van der Waals surface area (Å²) >= 11 is 0. The van der Waals surface area contributed by atoms with Gasteiger partial charge in [0, 0.05) is 18.7 Å². The summed E-state index contributed by atoms with van der Waals surface area (Å²) in [6.07, 6.45) is 0. The highest BCUT2D eigenvalue weighted by atomic mass is 16.6. The van der Waals surface area contributed by atoms with Gasteiger partial charge < -0.3 is 20.1 Å². The van der Waals surface area contributed by atoms with Crippen LogP contribution in [-0.4, -0.2) is 36.1 Å². The Bertz CT molecular complexity index is 717. The van der Waals surface area contributed by atoms with E-state index < -0.39 is 4.92 Å². The Balaban J connectivity index is 2.07. The zero-order chi connectivity index (χ0) is 18.2. The number of ether oxygens (including phenoxy) is 2. The predicted octanol–water partition coefficient (Wildman–Crippen LogP) is 3.69. The van der Waals surface area contributed by atoms with Gasteiger partial charge >= 0.3 is 0 Å². The lowest BCUT2D eigenvalue weighted by Crippen LogP contribution is -2.27. The fourth-order valence-electron chi connectivity index (χ4n) is 2.37. The molecule has 0 aliphatic heterocycles. The quantitative estimate of drug-likeness (QED) is 0.423. The average Bonchev–Trinajstić information content (AvgIpc) is 2.60. The van der Waals surface area contributed by atoms with Crippen LogP contribution in [0.4, 0.5) is 11.4 Å². The van der Waals surface area contributed by atoms with Crippen molar-refractivity contribution in [2.75, 3.05) is 32.0 Å². The largest absolute Gasteiger partial charge is 0.488 e. The highest BCUT2D eigenvalue weighted by Crippen LogP contribution is 2.34. The van der Waals surface area contributed by atoms with E-state index in [0.29, 0.717) is 23.9 Å². The zero-order valence-electron chi connectivity index (χ0n) is 14.5. The Morgan fingerprint density at radius 1 is 1.12 bits per heavy atom. The molecule has 2 N–H and O–H groups in total. The molecule has 7 heteroatoms. The minimum atomic E-state index is -0.524. The summed E-state index contributed by atoms with van der Waals surface area (Å²) in [4.78, 5) is 12.6. The van der Waals surface area contributed by atoms with Crippen molar-refractivity contribution < 1.29 is 14.4 Å². The van der Waals surface area contributed by atoms with Crippen LogP contribution in [-0.2, 0) is 0 Å². The Kier molecular flexibility index (Phi) is 6.59. The van der Waals surface area contributed by atoms with Gasteiger partial charge in [-0.1, -0.05) is 26.0 Å². The summed E-state index contributed by atoms with van der Waals surface area (Å²) in [6, 6.07) is 11.6. The van der Waals surface area contributed by atoms with Crippen molar-refractivity contribution >= 4 is 11.4 Å². The number of hydrogen-bond donors (Lipinski definition) is 1. The first-order chi connectivity index (χ1) is 12.0. The molecule has 0 radical (unpaired) electrons. The molecule has 0 saturated heterocycles. The van der Waals surface area contributed by atoms with Crippen LogP contribution < -0.4 is 15.2 Å². The lowest BCUT2D eigenvalue weighted by atomic mass is 10.2. The number of nitrogen functional groups attached to an aromatic ring is 1. The summed E-state index contributed by atoms with van der Waals surface area (Å²) < 4.78 is 11.6. The van der Waals surface area contributed by atoms with E-state index in [-0.39, 0.29) is 11.4 Å². The van der Waals surface area contributed by atoms with Crippen LogP contribution in [0, 0.1) is 10.1 Å². The molecule has 2 rings (SSSR count). The molecule has 0 spiro atoms. The number of nitro benzene ring substituents is 1. The highest BCUT2D eigenvalue weighted by molar-refractivity contribution is 5.61. The third-order valence-electron chi connectivity index (χ3n) is 3.83. The van der Waals surface area contributed by atoms with E-state index in [4.69, 9.17) is 15.2 Å². The SMILES string of the molecule is CCN(CC)CCOc1ccccc1Oc1ccc([N+](=O)[O-])c(N)c1. The van der Waals surface area contributed by atoms with Crippen molar-refractivity contribution in [3.8, 4) is 17.2 Å². The maximum absolute atomic E-state index is 10.8. The Morgan fingerprint density at radius 2 is 1.80 bits per heavy atom. The molecule has 2 aromatic carbocycles. The van der Waals surface area contributed by atoms with Gasteiger partial charge in [-0.15, -0.1) is 0 Å². The molecule has 0 unspecified atom stereocenters. The monoisotopic (exact) mass is 345 g/mol. The van der Waals surface area contributed by atoms with Crippen LogP contribution in [0.1, 0.15) is 13.8 Å². The lowest BCUT2D eigenvalue weighted by molar-refractivity contribution is -0.383. The van der Waals surface area contributed by atoms with Gasteiger partial charge in [0.1, 0.15) is 18.0 Å². The van der Waals surface area contributed by atoms with Crippen molar-refractivity contribution in [1.29, 1.82) is 0 Å². The van der Waals surface area contributed by atoms with Crippen LogP contribution in [0.5, 0.6) is 17.2 Å². The van der Waals surface area contributed by atoms with E-state index in [9.17, 15) is 10.1 Å². The number of anilines is 1. The topological polar surface area (TPSA) is 90.9 Å². The van der Waals surface area contributed by atoms with E-state index >= 15 is 0 Å². The second-order valence-corrected chi connectivity index (χ2v) is 5.40. The van der Waals surface area contributed by atoms with Gasteiger partial charge in [-0.3, -0.25) is 10.1 Å². The number of likely N-dealkylation sites (N-methyl/N-ethyl adjacent to an activating group) is 1. The molecule has 0 aromatic heterocycles. The number of nitro groups is 1. The first kappa shape index (κ1) is 18.5. The number of benzene rings is 2. The van der Waals surface area contributed by atoms with Crippen molar-refractivity contribution in [3.63, 3.8) is 0 Å². The third kappa shape index (κ3) is 5.09. The molecular formula is C18H23N3O4. The Labute approximate surface area is 147 Å². The first-order valence-corrected chi connectivity index (χ1v) is 8.21. The molecule has 0 aliphatic carbocycles. The van der Waals surface area contributed by atoms with Crippen molar-refractivity contribution in [1.82, 2.24) is 4.90 Å². The van der Waals surface area contributed by atoms with E-state index in [2.05, 4.69) is 18.7 Å². The number of hydrogen-bond acceptors (Lipinski definition) is 6. The molecule has 0 heterocycles. The maximum Gasteiger partial charge on any atom is 0.292 e. The van der Waals surface area contributed by atoms with Gasteiger partial charge in [-0.2, -0.15) is 0 Å². The molecule has 0 amide bonds. The Morgan fingerprint density at radius 3 is 2.40 bits per heavy atom. The standard InChI is InChI=1S/C18H23N3O4/c1-3-20(4-2)11-12-24-17-7-5-6-8-18(17)25-14-9-10-16(21(22)23)15(19)13-14/h5-10,13H,3-4,11-12,19H2,1-2H3. The molecule has 0 saturated carbocycles. The fourth-order valence-corrected chi connectivity index (χ4v) is 2.37. The van der Waals surface area contributed by atoms with Crippen molar-refractivity contribution in [2.24, 2.45) is 0 Å². The second kappa shape index (κ2) is 8.89. The summed E-state index contributed by atoms with van der Waals surface area (Å²) in [5.74, 6) is 1.57. The average molecular weight is 345 g/mol. The molecule has 2 aromatic rings. The molecule has 25 heavy (non-hydrogen) atoms. The first-order valence-electron chi connectivity index (χ1n) is 8.21. The van der Waals surface area contributed by atoms with E-state index in [1.807, 2.05) is 18.2 Å². The van der Waals surface area contributed by atoms with Crippen molar-refractivity contribution in [2.45, 2.75) is 13.8 Å². The summed E-state index contributed by atoms with van der Waals surface area (Å²) in [5, 5.41) is 10.8. The van der Waals surface area contributed by atoms with Gasteiger partial charge in [-0.05, 0) is 31.3 Å². The van der Waals surface area contributed by atoms with Crippen LogP contribution in [0.15, 0.2) is 42.5 Å². The summed E-state index contributed by atoms with van der Waals surface area (Å²) in [6.45, 7) is 7.54. The van der Waals surface area contributed by atoms with Crippen LogP contribution in [0.2, 0.25) is 0 Å². The van der Waals surface area contributed by atoms with E-state index in [1.54, 1.807) is 6.07 Å². The molecule has 0 fully saturated rings. The molecule has 0 atom stereocenters. The molecule has 7 nitrogen and oxygen atoms in total. The van der Waals surface area contributed by atoms with Gasteiger partial charge in [0.05, 0.1) is 4.92 Å². The number of rotatable bonds is 9. The fraction of sp³-hybridized carbons (Fsp3) is 0.333. The molecule has 0 aliphatic rings. The zero-order valence-corrected chi connectivity index (χ0v) is 14.5. The minimum absolute atomic E-state index is 0.0578. The third-order valence-corrected chi connectivity index (χ3v) is 3.83. The summed E-state index contributed by atoms with van der Waals surface area (Å²) in [7, 11) is 0. The molecular weight excluding hydrogens is 322 g/mol.